The van der Waals surface area contributed by atoms with Crippen LogP contribution in [0.25, 0.3) is 0 Å². The molecule has 6 heteroatoms. The smallest absolute Gasteiger partial charge is 0.130 e. The fraction of sp³-hybridized carbons (Fsp3) is 1.00. The van der Waals surface area contributed by atoms with Gasteiger partial charge in [0.1, 0.15) is 5.79 Å². The van der Waals surface area contributed by atoms with Crippen molar-refractivity contribution in [1.82, 2.24) is 30.9 Å². The van der Waals surface area contributed by atoms with Crippen LogP contribution in [0.2, 0.25) is 0 Å². The Bertz CT molecular complexity index is 295. The molecule has 0 radical (unpaired) electrons. The fourth-order valence-corrected chi connectivity index (χ4v) is 3.45. The predicted molar refractivity (Wildman–Crippen MR) is 106 cm³/mol. The predicted octanol–water partition coefficient (Wildman–Crippen LogP) is 1.72. The van der Waals surface area contributed by atoms with E-state index in [9.17, 15) is 0 Å². The van der Waals surface area contributed by atoms with Crippen LogP contribution in [0.15, 0.2) is 0 Å². The lowest BCUT2D eigenvalue weighted by Crippen LogP contribution is -2.70. The van der Waals surface area contributed by atoms with Crippen molar-refractivity contribution in [2.75, 3.05) is 53.9 Å². The van der Waals surface area contributed by atoms with E-state index in [4.69, 9.17) is 0 Å². The van der Waals surface area contributed by atoms with Gasteiger partial charge in [0.15, 0.2) is 0 Å². The van der Waals surface area contributed by atoms with Gasteiger partial charge >= 0.3 is 0 Å². The lowest BCUT2D eigenvalue weighted by molar-refractivity contribution is -0.0850. The SMILES string of the molecule is CCCNN(CCC)C(CC(NCC)(N(C)C)N(CC)CC)NC. The Morgan fingerprint density at radius 2 is 1.58 bits per heavy atom. The molecule has 2 unspecified atom stereocenters. The first-order valence-corrected chi connectivity index (χ1v) is 9.82. The van der Waals surface area contributed by atoms with Gasteiger partial charge in [-0.3, -0.25) is 20.5 Å². The molecule has 0 fully saturated rings. The van der Waals surface area contributed by atoms with Crippen LogP contribution < -0.4 is 16.1 Å². The first kappa shape index (κ1) is 23.8. The van der Waals surface area contributed by atoms with E-state index in [1.807, 2.05) is 0 Å². The van der Waals surface area contributed by atoms with E-state index in [0.29, 0.717) is 0 Å². The molecule has 2 atom stereocenters. The van der Waals surface area contributed by atoms with Crippen molar-refractivity contribution in [1.29, 1.82) is 0 Å². The molecule has 6 nitrogen and oxygen atoms in total. The van der Waals surface area contributed by atoms with E-state index >= 15 is 0 Å². The topological polar surface area (TPSA) is 45.8 Å². The fourth-order valence-electron chi connectivity index (χ4n) is 3.45. The van der Waals surface area contributed by atoms with Gasteiger partial charge in [-0.25, -0.2) is 5.01 Å². The highest BCUT2D eigenvalue weighted by Crippen LogP contribution is 2.22. The number of hydrazine groups is 1. The molecule has 0 rings (SSSR count). The van der Waals surface area contributed by atoms with Crippen molar-refractivity contribution in [3.8, 4) is 0 Å². The summed E-state index contributed by atoms with van der Waals surface area (Å²) >= 11 is 0. The van der Waals surface area contributed by atoms with Crippen molar-refractivity contribution in [3.05, 3.63) is 0 Å². The number of nitrogens with zero attached hydrogens (tertiary/aromatic N) is 3. The van der Waals surface area contributed by atoms with Crippen molar-refractivity contribution in [3.63, 3.8) is 0 Å². The standard InChI is InChI=1S/C18H44N6/c1-9-14-21-24(15-10-2)17(19-6)16-18(20-11-3,22(7)8)23(12-4)13-5/h17,19-21H,9-16H2,1-8H3. The Morgan fingerprint density at radius 1 is 0.958 bits per heavy atom. The first-order chi connectivity index (χ1) is 11.5. The highest BCUT2D eigenvalue weighted by Gasteiger charge is 2.40. The quantitative estimate of drug-likeness (QED) is 0.311. The second-order valence-corrected chi connectivity index (χ2v) is 6.52. The normalized spacial score (nSPS) is 16.1. The number of rotatable bonds is 15. The Morgan fingerprint density at radius 3 is 1.96 bits per heavy atom. The van der Waals surface area contributed by atoms with Crippen molar-refractivity contribution in [2.45, 2.75) is 65.8 Å². The van der Waals surface area contributed by atoms with Gasteiger partial charge in [0.2, 0.25) is 0 Å². The highest BCUT2D eigenvalue weighted by atomic mass is 15.6. The van der Waals surface area contributed by atoms with Crippen LogP contribution in [0.5, 0.6) is 0 Å². The molecule has 0 amide bonds. The first-order valence-electron chi connectivity index (χ1n) is 9.82. The van der Waals surface area contributed by atoms with Crippen molar-refractivity contribution in [2.24, 2.45) is 0 Å². The molecule has 3 N–H and O–H groups in total. The summed E-state index contributed by atoms with van der Waals surface area (Å²) in [5.74, 6) is -0.161. The van der Waals surface area contributed by atoms with Crippen LogP contribution in [0.4, 0.5) is 0 Å². The van der Waals surface area contributed by atoms with Gasteiger partial charge in [-0.2, -0.15) is 0 Å². The third kappa shape index (κ3) is 6.58. The molecule has 0 aliphatic rings. The van der Waals surface area contributed by atoms with E-state index in [1.165, 1.54) is 0 Å². The molecule has 0 aromatic carbocycles. The Hall–Kier alpha value is -0.240. The summed E-state index contributed by atoms with van der Waals surface area (Å²) in [4.78, 5) is 4.85. The minimum absolute atomic E-state index is 0.161. The Kier molecular flexibility index (Phi) is 12.9. The molecule has 0 aliphatic carbocycles. The molecule has 0 heterocycles. The number of hydrogen-bond acceptors (Lipinski definition) is 6. The third-order valence-electron chi connectivity index (χ3n) is 4.70. The largest absolute Gasteiger partial charge is 0.304 e. The van der Waals surface area contributed by atoms with E-state index in [-0.39, 0.29) is 12.0 Å². The van der Waals surface area contributed by atoms with Gasteiger partial charge < -0.3 is 5.32 Å². The van der Waals surface area contributed by atoms with Gasteiger partial charge in [-0.1, -0.05) is 34.6 Å². The second-order valence-electron chi connectivity index (χ2n) is 6.52. The minimum atomic E-state index is -0.161. The van der Waals surface area contributed by atoms with Gasteiger partial charge in [-0.05, 0) is 53.6 Å². The summed E-state index contributed by atoms with van der Waals surface area (Å²) in [6, 6.07) is 0. The molecule has 24 heavy (non-hydrogen) atoms. The molecule has 0 saturated carbocycles. The van der Waals surface area contributed by atoms with Gasteiger partial charge in [-0.15, -0.1) is 0 Å². The molecule has 0 bridgehead atoms. The third-order valence-corrected chi connectivity index (χ3v) is 4.70. The number of nitrogens with one attached hydrogen (secondary N) is 3. The molecule has 0 spiro atoms. The minimum Gasteiger partial charge on any atom is -0.304 e. The zero-order valence-electron chi connectivity index (χ0n) is 17.6. The molecular weight excluding hydrogens is 300 g/mol. The van der Waals surface area contributed by atoms with E-state index in [0.717, 1.165) is 52.0 Å². The molecule has 0 saturated heterocycles. The maximum Gasteiger partial charge on any atom is 0.130 e. The monoisotopic (exact) mass is 344 g/mol. The molecule has 146 valence electrons. The zero-order chi connectivity index (χ0) is 18.6. The molecule has 0 aromatic rings. The van der Waals surface area contributed by atoms with E-state index in [1.54, 1.807) is 0 Å². The lowest BCUT2D eigenvalue weighted by Gasteiger charge is -2.51. The highest BCUT2D eigenvalue weighted by molar-refractivity contribution is 4.89. The van der Waals surface area contributed by atoms with Crippen molar-refractivity contribution >= 4 is 0 Å². The van der Waals surface area contributed by atoms with Crippen LogP contribution in [0.1, 0.15) is 53.9 Å². The summed E-state index contributed by atoms with van der Waals surface area (Å²) in [5.41, 5.74) is 3.61. The average molecular weight is 345 g/mol. The maximum absolute atomic E-state index is 3.77. The second kappa shape index (κ2) is 13.0. The average Bonchev–Trinajstić information content (AvgIpc) is 2.57. The summed E-state index contributed by atoms with van der Waals surface area (Å²) in [7, 11) is 6.42. The van der Waals surface area contributed by atoms with Gasteiger partial charge in [0.05, 0.1) is 6.17 Å². The lowest BCUT2D eigenvalue weighted by atomic mass is 10.1. The maximum atomic E-state index is 3.77. The van der Waals surface area contributed by atoms with E-state index < -0.39 is 0 Å². The van der Waals surface area contributed by atoms with Gasteiger partial charge in [0.25, 0.3) is 0 Å². The van der Waals surface area contributed by atoms with Crippen LogP contribution in [-0.4, -0.2) is 80.6 Å². The summed E-state index contributed by atoms with van der Waals surface area (Å²) in [5, 5.41) is 9.69. The Labute approximate surface area is 151 Å². The van der Waals surface area contributed by atoms with Crippen LogP contribution in [-0.2, 0) is 0 Å². The molecule has 0 aromatic heterocycles. The van der Waals surface area contributed by atoms with E-state index in [2.05, 4.69) is 86.6 Å². The summed E-state index contributed by atoms with van der Waals surface area (Å²) < 4.78 is 0. The summed E-state index contributed by atoms with van der Waals surface area (Å²) in [6.07, 6.45) is 3.51. The van der Waals surface area contributed by atoms with Crippen LogP contribution >= 0.6 is 0 Å². The van der Waals surface area contributed by atoms with Crippen molar-refractivity contribution < 1.29 is 0 Å². The summed E-state index contributed by atoms with van der Waals surface area (Å²) in [6.45, 7) is 16.2. The Balaban J connectivity index is 5.50. The van der Waals surface area contributed by atoms with Crippen LogP contribution in [0.3, 0.4) is 0 Å². The van der Waals surface area contributed by atoms with Crippen LogP contribution in [0, 0.1) is 0 Å². The molecular formula is C18H44N6. The van der Waals surface area contributed by atoms with Gasteiger partial charge in [0, 0.05) is 19.5 Å². The number of hydrogen-bond donors (Lipinski definition) is 3. The zero-order valence-corrected chi connectivity index (χ0v) is 17.6. The molecule has 0 aliphatic heterocycles.